The SMILES string of the molecule is CCS(=O)c1ccc(-c2coc3ccc(-c4nnc(C)o4)nc23)cc1. The lowest BCUT2D eigenvalue weighted by Gasteiger charge is -2.02. The molecule has 0 aliphatic rings. The number of rotatable bonds is 4. The minimum atomic E-state index is -0.966. The standard InChI is InChI=1S/C18H15N3O3S/c1-3-25(22)13-6-4-12(5-7-13)14-10-23-16-9-8-15(19-17(14)16)18-21-20-11(2)24-18/h4-10H,3H2,1-2H3. The summed E-state index contributed by atoms with van der Waals surface area (Å²) in [5.74, 6) is 1.46. The highest BCUT2D eigenvalue weighted by Crippen LogP contribution is 2.31. The Kier molecular flexibility index (Phi) is 3.93. The normalized spacial score (nSPS) is 12.6. The van der Waals surface area contributed by atoms with Crippen LogP contribution in [0.5, 0.6) is 0 Å². The molecule has 4 rings (SSSR count). The monoisotopic (exact) mass is 353 g/mol. The summed E-state index contributed by atoms with van der Waals surface area (Å²) >= 11 is 0. The number of hydrogen-bond acceptors (Lipinski definition) is 6. The number of benzene rings is 1. The van der Waals surface area contributed by atoms with E-state index in [4.69, 9.17) is 8.83 Å². The largest absolute Gasteiger partial charge is 0.462 e. The molecule has 4 aromatic rings. The number of fused-ring (bicyclic) bond motifs is 1. The summed E-state index contributed by atoms with van der Waals surface area (Å²) in [6.07, 6.45) is 1.67. The predicted molar refractivity (Wildman–Crippen MR) is 94.4 cm³/mol. The van der Waals surface area contributed by atoms with Crippen molar-refractivity contribution in [3.05, 3.63) is 48.6 Å². The van der Waals surface area contributed by atoms with E-state index in [1.807, 2.05) is 37.3 Å². The first-order valence-electron chi connectivity index (χ1n) is 7.83. The lowest BCUT2D eigenvalue weighted by Crippen LogP contribution is -1.93. The number of furan rings is 1. The van der Waals surface area contributed by atoms with Gasteiger partial charge in [0, 0.05) is 23.1 Å². The van der Waals surface area contributed by atoms with Gasteiger partial charge in [0.25, 0.3) is 5.89 Å². The van der Waals surface area contributed by atoms with Gasteiger partial charge < -0.3 is 8.83 Å². The molecule has 1 atom stereocenters. The van der Waals surface area contributed by atoms with Crippen molar-refractivity contribution >= 4 is 21.9 Å². The van der Waals surface area contributed by atoms with Gasteiger partial charge in [0.1, 0.15) is 17.5 Å². The van der Waals surface area contributed by atoms with Crippen LogP contribution in [0.1, 0.15) is 12.8 Å². The summed E-state index contributed by atoms with van der Waals surface area (Å²) < 4.78 is 22.9. The van der Waals surface area contributed by atoms with Gasteiger partial charge in [-0.05, 0) is 29.8 Å². The first kappa shape index (κ1) is 15.7. The molecule has 0 fully saturated rings. The van der Waals surface area contributed by atoms with Gasteiger partial charge in [-0.1, -0.05) is 19.1 Å². The summed E-state index contributed by atoms with van der Waals surface area (Å²) in [5.41, 5.74) is 3.80. The molecule has 6 nitrogen and oxygen atoms in total. The van der Waals surface area contributed by atoms with E-state index in [1.54, 1.807) is 19.3 Å². The zero-order valence-electron chi connectivity index (χ0n) is 13.7. The molecular formula is C18H15N3O3S. The molecule has 0 amide bonds. The van der Waals surface area contributed by atoms with E-state index in [0.29, 0.717) is 28.8 Å². The maximum atomic E-state index is 11.9. The number of pyridine rings is 1. The van der Waals surface area contributed by atoms with Crippen molar-refractivity contribution in [2.75, 3.05) is 5.75 Å². The smallest absolute Gasteiger partial charge is 0.266 e. The van der Waals surface area contributed by atoms with Crippen LogP contribution in [0.25, 0.3) is 33.8 Å². The highest BCUT2D eigenvalue weighted by molar-refractivity contribution is 7.85. The minimum absolute atomic E-state index is 0.375. The van der Waals surface area contributed by atoms with Gasteiger partial charge in [-0.15, -0.1) is 10.2 Å². The van der Waals surface area contributed by atoms with Crippen LogP contribution in [0.3, 0.4) is 0 Å². The Labute approximate surface area is 146 Å². The molecule has 126 valence electrons. The molecule has 0 saturated carbocycles. The van der Waals surface area contributed by atoms with E-state index in [9.17, 15) is 4.21 Å². The Morgan fingerprint density at radius 1 is 1.08 bits per heavy atom. The second-order valence-corrected chi connectivity index (χ2v) is 7.22. The summed E-state index contributed by atoms with van der Waals surface area (Å²) in [7, 11) is -0.966. The summed E-state index contributed by atoms with van der Waals surface area (Å²) in [6.45, 7) is 3.64. The van der Waals surface area contributed by atoms with Crippen molar-refractivity contribution in [1.82, 2.24) is 15.2 Å². The van der Waals surface area contributed by atoms with Crippen LogP contribution in [0.2, 0.25) is 0 Å². The molecule has 1 unspecified atom stereocenters. The quantitative estimate of drug-likeness (QED) is 0.552. The van der Waals surface area contributed by atoms with E-state index >= 15 is 0 Å². The fourth-order valence-electron chi connectivity index (χ4n) is 2.59. The van der Waals surface area contributed by atoms with Crippen LogP contribution in [0.4, 0.5) is 0 Å². The third-order valence-corrected chi connectivity index (χ3v) is 5.17. The summed E-state index contributed by atoms with van der Waals surface area (Å²) in [6, 6.07) is 11.2. The molecule has 0 aliphatic heterocycles. The summed E-state index contributed by atoms with van der Waals surface area (Å²) in [5, 5.41) is 7.84. The summed E-state index contributed by atoms with van der Waals surface area (Å²) in [4.78, 5) is 5.43. The Morgan fingerprint density at radius 3 is 2.56 bits per heavy atom. The van der Waals surface area contributed by atoms with Gasteiger partial charge in [-0.3, -0.25) is 4.21 Å². The van der Waals surface area contributed by atoms with E-state index in [2.05, 4.69) is 15.2 Å². The van der Waals surface area contributed by atoms with Crippen molar-refractivity contribution in [3.8, 4) is 22.7 Å². The van der Waals surface area contributed by atoms with E-state index < -0.39 is 10.8 Å². The van der Waals surface area contributed by atoms with Crippen molar-refractivity contribution in [2.24, 2.45) is 0 Å². The number of aromatic nitrogens is 3. The zero-order chi connectivity index (χ0) is 17.4. The van der Waals surface area contributed by atoms with Crippen molar-refractivity contribution in [2.45, 2.75) is 18.7 Å². The maximum Gasteiger partial charge on any atom is 0.266 e. The van der Waals surface area contributed by atoms with E-state index in [1.165, 1.54) is 0 Å². The third kappa shape index (κ3) is 2.87. The fourth-order valence-corrected chi connectivity index (χ4v) is 3.36. The molecule has 0 bridgehead atoms. The second kappa shape index (κ2) is 6.25. The predicted octanol–water partition coefficient (Wildman–Crippen LogP) is 3.98. The molecule has 7 heteroatoms. The Bertz CT molecular complexity index is 1070. The molecule has 3 heterocycles. The average molecular weight is 353 g/mol. The van der Waals surface area contributed by atoms with Crippen LogP contribution in [0.15, 0.2) is 56.4 Å². The molecular weight excluding hydrogens is 338 g/mol. The molecule has 0 N–H and O–H groups in total. The Balaban J connectivity index is 1.78. The third-order valence-electron chi connectivity index (χ3n) is 3.85. The lowest BCUT2D eigenvalue weighted by molar-refractivity contribution is 0.531. The van der Waals surface area contributed by atoms with Gasteiger partial charge in [0.05, 0.1) is 10.8 Å². The van der Waals surface area contributed by atoms with Crippen LogP contribution < -0.4 is 0 Å². The van der Waals surface area contributed by atoms with Crippen molar-refractivity contribution < 1.29 is 13.0 Å². The number of nitrogens with zero attached hydrogens (tertiary/aromatic N) is 3. The maximum absolute atomic E-state index is 11.9. The fraction of sp³-hybridized carbons (Fsp3) is 0.167. The minimum Gasteiger partial charge on any atom is -0.462 e. The number of aryl methyl sites for hydroxylation is 1. The van der Waals surface area contributed by atoms with Gasteiger partial charge in [-0.25, -0.2) is 4.98 Å². The molecule has 3 aromatic heterocycles. The molecule has 0 aliphatic carbocycles. The van der Waals surface area contributed by atoms with Crippen molar-refractivity contribution in [3.63, 3.8) is 0 Å². The first-order chi connectivity index (χ1) is 12.2. The van der Waals surface area contributed by atoms with E-state index in [0.717, 1.165) is 21.5 Å². The van der Waals surface area contributed by atoms with Crippen LogP contribution in [-0.4, -0.2) is 25.1 Å². The zero-order valence-corrected chi connectivity index (χ0v) is 14.5. The van der Waals surface area contributed by atoms with Crippen LogP contribution >= 0.6 is 0 Å². The molecule has 0 spiro atoms. The van der Waals surface area contributed by atoms with Gasteiger partial charge in [0.15, 0.2) is 5.58 Å². The van der Waals surface area contributed by atoms with Gasteiger partial charge in [0.2, 0.25) is 5.89 Å². The average Bonchev–Trinajstić information content (AvgIpc) is 3.27. The Morgan fingerprint density at radius 2 is 1.88 bits per heavy atom. The van der Waals surface area contributed by atoms with Crippen LogP contribution in [0, 0.1) is 6.92 Å². The van der Waals surface area contributed by atoms with Gasteiger partial charge >= 0.3 is 0 Å². The lowest BCUT2D eigenvalue weighted by atomic mass is 10.1. The number of hydrogen-bond donors (Lipinski definition) is 0. The highest BCUT2D eigenvalue weighted by Gasteiger charge is 2.14. The first-order valence-corrected chi connectivity index (χ1v) is 9.15. The van der Waals surface area contributed by atoms with Gasteiger partial charge in [-0.2, -0.15) is 0 Å². The molecule has 0 radical (unpaired) electrons. The van der Waals surface area contributed by atoms with Crippen molar-refractivity contribution in [1.29, 1.82) is 0 Å². The molecule has 0 saturated heterocycles. The highest BCUT2D eigenvalue weighted by atomic mass is 32.2. The molecule has 1 aromatic carbocycles. The topological polar surface area (TPSA) is 82.0 Å². The second-order valence-electron chi connectivity index (χ2n) is 5.48. The Hall–Kier alpha value is -2.80. The van der Waals surface area contributed by atoms with Crippen LogP contribution in [-0.2, 0) is 10.8 Å². The van der Waals surface area contributed by atoms with E-state index in [-0.39, 0.29) is 0 Å². The molecule has 25 heavy (non-hydrogen) atoms.